The number of fused-ring (bicyclic) bond motifs is 3. The molecule has 0 heterocycles. The topological polar surface area (TPSA) is 20.2 Å². The summed E-state index contributed by atoms with van der Waals surface area (Å²) in [5.41, 5.74) is 5.51. The van der Waals surface area contributed by atoms with Crippen molar-refractivity contribution >= 4 is 34.8 Å². The van der Waals surface area contributed by atoms with Crippen LogP contribution in [0, 0.1) is 6.07 Å². The number of hydrogen-bond acceptors (Lipinski definition) is 1. The maximum atomic E-state index is 9.01. The van der Waals surface area contributed by atoms with Gasteiger partial charge in [-0.3, -0.25) is 0 Å². The van der Waals surface area contributed by atoms with Crippen LogP contribution in [0.5, 0.6) is 5.75 Å². The second-order valence-electron chi connectivity index (χ2n) is 5.11. The molecule has 1 radical (unpaired) electrons. The molecular weight excluding hydrogens is 469 g/mol. The van der Waals surface area contributed by atoms with Crippen LogP contribution in [0.25, 0.3) is 11.1 Å². The number of phenolic OH excluding ortho intramolecular Hbond substituents is 1. The fourth-order valence-corrected chi connectivity index (χ4v) is 3.35. The van der Waals surface area contributed by atoms with Crippen molar-refractivity contribution in [1.29, 1.82) is 0 Å². The van der Waals surface area contributed by atoms with Gasteiger partial charge in [0.2, 0.25) is 0 Å². The van der Waals surface area contributed by atoms with Crippen LogP contribution >= 0.6 is 34.8 Å². The van der Waals surface area contributed by atoms with Crippen LogP contribution in [-0.2, 0) is 28.1 Å². The Kier molecular flexibility index (Phi) is 11.3. The molecule has 0 saturated carbocycles. The number of halogens is 5. The van der Waals surface area contributed by atoms with Gasteiger partial charge in [-0.2, -0.15) is 29.8 Å². The zero-order valence-electron chi connectivity index (χ0n) is 13.2. The van der Waals surface area contributed by atoms with Gasteiger partial charge in [0.05, 0.1) is 10.0 Å². The molecule has 7 heteroatoms. The van der Waals surface area contributed by atoms with Crippen molar-refractivity contribution in [3.63, 3.8) is 0 Å². The normalized spacial score (nSPS) is 9.96. The summed E-state index contributed by atoms with van der Waals surface area (Å²) in [4.78, 5) is 0. The number of benzene rings is 3. The number of rotatable bonds is 0. The molecule has 0 aliphatic heterocycles. The second-order valence-corrected chi connectivity index (χ2v) is 6.37. The molecule has 1 N–H and O–H groups in total. The van der Waals surface area contributed by atoms with E-state index in [0.29, 0.717) is 5.02 Å². The molecule has 0 saturated heterocycles. The van der Waals surface area contributed by atoms with Crippen molar-refractivity contribution in [2.45, 2.75) is 6.42 Å². The molecule has 0 spiro atoms. The van der Waals surface area contributed by atoms with Crippen molar-refractivity contribution < 1.29 is 51.6 Å². The summed E-state index contributed by atoms with van der Waals surface area (Å²) >= 11 is 16.5. The molecule has 0 bridgehead atoms. The summed E-state index contributed by atoms with van der Waals surface area (Å²) in [7, 11) is 0. The molecule has 1 aliphatic rings. The van der Waals surface area contributed by atoms with Crippen LogP contribution in [0.4, 0.5) is 0 Å². The molecule has 0 amide bonds. The first-order valence-electron chi connectivity index (χ1n) is 6.97. The summed E-state index contributed by atoms with van der Waals surface area (Å²) in [5.74, 6) is -0.132. The van der Waals surface area contributed by atoms with E-state index < -0.39 is 0 Å². The zero-order valence-corrected chi connectivity index (χ0v) is 18.6. The average Bonchev–Trinajstić information content (AvgIpc) is 2.92. The Morgan fingerprint density at radius 3 is 2.08 bits per heavy atom. The third-order valence-corrected chi connectivity index (χ3v) is 4.39. The van der Waals surface area contributed by atoms with E-state index in [1.54, 1.807) is 0 Å². The first-order valence-corrected chi connectivity index (χ1v) is 8.11. The molecule has 1 nitrogen and oxygen atoms in total. The number of hydrogen-bond donors (Lipinski definition) is 1. The van der Waals surface area contributed by atoms with E-state index in [4.69, 9.17) is 39.9 Å². The smallest absolute Gasteiger partial charge is 1.00 e. The van der Waals surface area contributed by atoms with Crippen LogP contribution in [0.15, 0.2) is 54.6 Å². The molecular formula is C19H12Cl5OTi. The predicted molar refractivity (Wildman–Crippen MR) is 96.7 cm³/mol. The van der Waals surface area contributed by atoms with Gasteiger partial charge in [-0.05, 0) is 18.6 Å². The van der Waals surface area contributed by atoms with E-state index in [1.165, 1.54) is 34.4 Å². The second kappa shape index (κ2) is 11.5. The Balaban J connectivity index is 0.000000445. The number of aromatic hydroxyl groups is 1. The minimum atomic E-state index is -0.132. The summed E-state index contributed by atoms with van der Waals surface area (Å²) in [6, 6.07) is 21.0. The SMILES string of the molecule is Oc1c(Cl)cc(Cl)cc1Cl.[Cl-].[Cl-].[Ti+3].[c-]1cccc2c1Cc1ccccc1-2. The van der Waals surface area contributed by atoms with Gasteiger partial charge in [0.25, 0.3) is 0 Å². The largest absolute Gasteiger partial charge is 3.00 e. The molecule has 4 rings (SSSR count). The molecule has 0 atom stereocenters. The molecule has 26 heavy (non-hydrogen) atoms. The van der Waals surface area contributed by atoms with Crippen molar-refractivity contribution in [1.82, 2.24) is 0 Å². The van der Waals surface area contributed by atoms with Gasteiger partial charge < -0.3 is 29.9 Å². The van der Waals surface area contributed by atoms with Crippen LogP contribution in [0.3, 0.4) is 0 Å². The van der Waals surface area contributed by atoms with Gasteiger partial charge in [-0.1, -0.05) is 70.2 Å². The molecule has 1 aliphatic carbocycles. The van der Waals surface area contributed by atoms with Gasteiger partial charge in [0, 0.05) is 5.02 Å². The van der Waals surface area contributed by atoms with E-state index in [9.17, 15) is 0 Å². The average molecular weight is 481 g/mol. The summed E-state index contributed by atoms with van der Waals surface area (Å²) < 4.78 is 0. The number of phenols is 1. The molecule has 0 fully saturated rings. The van der Waals surface area contributed by atoms with Gasteiger partial charge >= 0.3 is 21.7 Å². The van der Waals surface area contributed by atoms with E-state index in [1.807, 2.05) is 6.07 Å². The van der Waals surface area contributed by atoms with Crippen LogP contribution in [0.1, 0.15) is 11.1 Å². The fraction of sp³-hybridized carbons (Fsp3) is 0.0526. The first kappa shape index (κ1) is 25.6. The molecule has 3 aromatic carbocycles. The van der Waals surface area contributed by atoms with Crippen LogP contribution < -0.4 is 24.8 Å². The Hall–Kier alpha value is -0.376. The monoisotopic (exact) mass is 479 g/mol. The van der Waals surface area contributed by atoms with E-state index >= 15 is 0 Å². The molecule has 0 aromatic heterocycles. The molecule has 0 unspecified atom stereocenters. The third kappa shape index (κ3) is 5.81. The van der Waals surface area contributed by atoms with E-state index in [0.717, 1.165) is 6.42 Å². The van der Waals surface area contributed by atoms with E-state index in [-0.39, 0.29) is 62.3 Å². The summed E-state index contributed by atoms with van der Waals surface area (Å²) in [6.07, 6.45) is 1.05. The maximum Gasteiger partial charge on any atom is 3.00 e. The Morgan fingerprint density at radius 1 is 0.846 bits per heavy atom. The summed E-state index contributed by atoms with van der Waals surface area (Å²) in [6.45, 7) is 0. The van der Waals surface area contributed by atoms with Gasteiger partial charge in [0.15, 0.2) is 5.75 Å². The Morgan fingerprint density at radius 2 is 1.42 bits per heavy atom. The van der Waals surface area contributed by atoms with Crippen molar-refractivity contribution in [3.8, 4) is 16.9 Å². The third-order valence-electron chi connectivity index (χ3n) is 3.60. The van der Waals surface area contributed by atoms with Gasteiger partial charge in [-0.15, -0.1) is 5.56 Å². The van der Waals surface area contributed by atoms with Crippen molar-refractivity contribution in [2.75, 3.05) is 0 Å². The minimum absolute atomic E-state index is 0. The zero-order chi connectivity index (χ0) is 16.4. The van der Waals surface area contributed by atoms with Gasteiger partial charge in [-0.25, -0.2) is 0 Å². The quantitative estimate of drug-likeness (QED) is 0.285. The van der Waals surface area contributed by atoms with Crippen molar-refractivity contribution in [3.05, 3.63) is 86.9 Å². The standard InChI is InChI=1S/C13H9.C6H3Cl3O.2ClH.Ti/c1-3-7-12-10(5-1)9-11-6-2-4-8-13(11)12;7-3-1-4(8)6(10)5(9)2-3;;;/h1-5,7-8H,9H2;1-2,10H;2*1H;/q-1;;;;+3/p-2. The van der Waals surface area contributed by atoms with Crippen LogP contribution in [0.2, 0.25) is 15.1 Å². The van der Waals surface area contributed by atoms with Crippen molar-refractivity contribution in [2.24, 2.45) is 0 Å². The summed E-state index contributed by atoms with van der Waals surface area (Å²) in [5, 5.41) is 9.75. The maximum absolute atomic E-state index is 9.01. The van der Waals surface area contributed by atoms with E-state index in [2.05, 4.69) is 42.5 Å². The first-order chi connectivity index (χ1) is 11.1. The predicted octanol–water partition coefficient (Wildman–Crippen LogP) is 0.416. The Labute approximate surface area is 195 Å². The molecule has 3 aromatic rings. The molecule has 133 valence electrons. The van der Waals surface area contributed by atoms with Crippen LogP contribution in [-0.4, -0.2) is 5.11 Å². The minimum Gasteiger partial charge on any atom is -1.00 e. The fourth-order valence-electron chi connectivity index (χ4n) is 2.53. The Bertz CT molecular complexity index is 804. The van der Waals surface area contributed by atoms with Gasteiger partial charge in [0.1, 0.15) is 0 Å².